The first kappa shape index (κ1) is 11.5. The van der Waals surface area contributed by atoms with Crippen LogP contribution in [0.1, 0.15) is 54.2 Å². The second-order valence-corrected chi connectivity index (χ2v) is 5.69. The van der Waals surface area contributed by atoms with E-state index in [-0.39, 0.29) is 5.54 Å². The van der Waals surface area contributed by atoms with Crippen LogP contribution in [0.2, 0.25) is 0 Å². The van der Waals surface area contributed by atoms with Crippen molar-refractivity contribution in [3.63, 3.8) is 0 Å². The molecule has 0 bridgehead atoms. The van der Waals surface area contributed by atoms with Gasteiger partial charge in [0.15, 0.2) is 0 Å². The van der Waals surface area contributed by atoms with Crippen LogP contribution in [0.15, 0.2) is 6.07 Å². The lowest BCUT2D eigenvalue weighted by Crippen LogP contribution is -2.21. The predicted molar refractivity (Wildman–Crippen MR) is 69.1 cm³/mol. The van der Waals surface area contributed by atoms with Crippen LogP contribution < -0.4 is 5.32 Å². The van der Waals surface area contributed by atoms with Gasteiger partial charge in [0, 0.05) is 11.2 Å². The Bertz CT molecular complexity index is 507. The number of aryl methyl sites for hydroxylation is 2. The van der Waals surface area contributed by atoms with Crippen molar-refractivity contribution in [3.05, 3.63) is 22.9 Å². The molecule has 1 saturated carbocycles. The minimum Gasteiger partial charge on any atom is -0.478 e. The Hall–Kier alpha value is -1.58. The molecule has 3 rings (SSSR count). The van der Waals surface area contributed by atoms with Gasteiger partial charge in [0.25, 0.3) is 0 Å². The van der Waals surface area contributed by atoms with Gasteiger partial charge in [-0.25, -0.2) is 9.78 Å². The van der Waals surface area contributed by atoms with Crippen LogP contribution in [0.4, 0.5) is 5.82 Å². The van der Waals surface area contributed by atoms with Crippen LogP contribution >= 0.6 is 0 Å². The number of carboxylic acids is 1. The molecule has 18 heavy (non-hydrogen) atoms. The molecule has 0 atom stereocenters. The smallest absolute Gasteiger partial charge is 0.339 e. The lowest BCUT2D eigenvalue weighted by molar-refractivity contribution is 0.0697. The molecule has 4 nitrogen and oxygen atoms in total. The molecule has 0 aliphatic heterocycles. The quantitative estimate of drug-likeness (QED) is 0.860. The zero-order valence-electron chi connectivity index (χ0n) is 10.6. The van der Waals surface area contributed by atoms with E-state index in [2.05, 4.69) is 17.2 Å². The van der Waals surface area contributed by atoms with Crippen molar-refractivity contribution in [3.8, 4) is 0 Å². The zero-order valence-corrected chi connectivity index (χ0v) is 10.6. The van der Waals surface area contributed by atoms with E-state index in [0.29, 0.717) is 11.4 Å². The summed E-state index contributed by atoms with van der Waals surface area (Å²) in [7, 11) is 0. The molecule has 2 aliphatic rings. The molecule has 1 aromatic heterocycles. The summed E-state index contributed by atoms with van der Waals surface area (Å²) >= 11 is 0. The van der Waals surface area contributed by atoms with Crippen LogP contribution in [0.3, 0.4) is 0 Å². The van der Waals surface area contributed by atoms with E-state index in [1.165, 1.54) is 0 Å². The van der Waals surface area contributed by atoms with E-state index in [1.807, 2.05) is 6.07 Å². The molecule has 2 N–H and O–H groups in total. The Labute approximate surface area is 106 Å². The van der Waals surface area contributed by atoms with Gasteiger partial charge >= 0.3 is 5.97 Å². The molecule has 4 heteroatoms. The number of hydrogen-bond donors (Lipinski definition) is 2. The predicted octanol–water partition coefficient (Wildman–Crippen LogP) is 2.62. The molecule has 1 fully saturated rings. The van der Waals surface area contributed by atoms with Crippen LogP contribution in [0.25, 0.3) is 0 Å². The number of nitrogens with one attached hydrogen (secondary N) is 1. The first-order valence-corrected chi connectivity index (χ1v) is 6.62. The molecule has 0 amide bonds. The first-order chi connectivity index (χ1) is 8.57. The summed E-state index contributed by atoms with van der Waals surface area (Å²) < 4.78 is 0. The number of hydrogen-bond acceptors (Lipinski definition) is 3. The number of carbonyl (C=O) groups is 1. The summed E-state index contributed by atoms with van der Waals surface area (Å²) in [5, 5.41) is 12.6. The fourth-order valence-corrected chi connectivity index (χ4v) is 2.49. The van der Waals surface area contributed by atoms with E-state index in [9.17, 15) is 9.90 Å². The maximum Gasteiger partial charge on any atom is 0.339 e. The fraction of sp³-hybridized carbons (Fsp3) is 0.571. The Balaban J connectivity index is 2.01. The molecule has 0 saturated heterocycles. The third-order valence-electron chi connectivity index (χ3n) is 3.95. The van der Waals surface area contributed by atoms with E-state index < -0.39 is 5.97 Å². The summed E-state index contributed by atoms with van der Waals surface area (Å²) in [6.07, 6.45) is 6.40. The van der Waals surface area contributed by atoms with Crippen molar-refractivity contribution in [2.75, 3.05) is 5.32 Å². The second kappa shape index (κ2) is 3.97. The van der Waals surface area contributed by atoms with Crippen molar-refractivity contribution in [1.82, 2.24) is 4.98 Å². The molecule has 0 unspecified atom stereocenters. The molecule has 1 aromatic rings. The lowest BCUT2D eigenvalue weighted by Gasteiger charge is -2.20. The molecule has 96 valence electrons. The Morgan fingerprint density at radius 1 is 1.39 bits per heavy atom. The highest BCUT2D eigenvalue weighted by atomic mass is 16.4. The molecular formula is C14H18N2O2. The topological polar surface area (TPSA) is 62.2 Å². The first-order valence-electron chi connectivity index (χ1n) is 6.62. The summed E-state index contributed by atoms with van der Waals surface area (Å²) in [6.45, 7) is 2.11. The van der Waals surface area contributed by atoms with Crippen molar-refractivity contribution in [2.24, 2.45) is 0 Å². The number of nitrogens with zero attached hydrogens (tertiary/aromatic N) is 1. The van der Waals surface area contributed by atoms with E-state index in [4.69, 9.17) is 0 Å². The van der Waals surface area contributed by atoms with Crippen molar-refractivity contribution in [1.29, 1.82) is 0 Å². The fourth-order valence-electron chi connectivity index (χ4n) is 2.49. The van der Waals surface area contributed by atoms with Gasteiger partial charge in [-0.2, -0.15) is 0 Å². The van der Waals surface area contributed by atoms with Crippen LogP contribution in [-0.4, -0.2) is 21.6 Å². The van der Waals surface area contributed by atoms with Gasteiger partial charge in [-0.05, 0) is 57.1 Å². The number of anilines is 1. The van der Waals surface area contributed by atoms with Crippen molar-refractivity contribution < 1.29 is 9.90 Å². The standard InChI is InChI=1S/C14H18N2O2/c1-14(6-7-14)16-12-10(13(17)18)8-9-4-2-3-5-11(9)15-12/h8H,2-7H2,1H3,(H,15,16)(H,17,18). The number of aromatic carboxylic acids is 1. The van der Waals surface area contributed by atoms with Gasteiger partial charge in [0.05, 0.1) is 0 Å². The van der Waals surface area contributed by atoms with E-state index in [0.717, 1.165) is 49.8 Å². The molecular weight excluding hydrogens is 228 g/mol. The summed E-state index contributed by atoms with van der Waals surface area (Å²) in [6, 6.07) is 1.82. The zero-order chi connectivity index (χ0) is 12.8. The molecule has 0 spiro atoms. The normalized spacial score (nSPS) is 20.1. The van der Waals surface area contributed by atoms with Gasteiger partial charge < -0.3 is 10.4 Å². The number of rotatable bonds is 3. The highest BCUT2D eigenvalue weighted by Crippen LogP contribution is 2.39. The number of carboxylic acid groups (broad SMARTS) is 1. The summed E-state index contributed by atoms with van der Waals surface area (Å²) in [5.41, 5.74) is 2.58. The van der Waals surface area contributed by atoms with E-state index in [1.54, 1.807) is 0 Å². The van der Waals surface area contributed by atoms with Gasteiger partial charge in [0.2, 0.25) is 0 Å². The minimum absolute atomic E-state index is 0.0557. The third kappa shape index (κ3) is 2.07. The summed E-state index contributed by atoms with van der Waals surface area (Å²) in [4.78, 5) is 15.9. The third-order valence-corrected chi connectivity index (χ3v) is 3.95. The number of fused-ring (bicyclic) bond motifs is 1. The minimum atomic E-state index is -0.886. The Morgan fingerprint density at radius 2 is 2.11 bits per heavy atom. The molecule has 0 radical (unpaired) electrons. The Morgan fingerprint density at radius 3 is 2.78 bits per heavy atom. The van der Waals surface area contributed by atoms with Crippen LogP contribution in [0, 0.1) is 0 Å². The largest absolute Gasteiger partial charge is 0.478 e. The number of pyridine rings is 1. The number of aromatic nitrogens is 1. The van der Waals surface area contributed by atoms with Crippen molar-refractivity contribution >= 4 is 11.8 Å². The molecule has 2 aliphatic carbocycles. The highest BCUT2D eigenvalue weighted by Gasteiger charge is 2.38. The summed E-state index contributed by atoms with van der Waals surface area (Å²) in [5.74, 6) is -0.328. The monoisotopic (exact) mass is 246 g/mol. The molecule has 1 heterocycles. The van der Waals surface area contributed by atoms with Gasteiger partial charge in [-0.3, -0.25) is 0 Å². The maximum absolute atomic E-state index is 11.3. The average Bonchev–Trinajstić information content (AvgIpc) is 3.05. The van der Waals surface area contributed by atoms with E-state index >= 15 is 0 Å². The SMILES string of the molecule is CC1(Nc2nc3c(cc2C(=O)O)CCCC3)CC1. The maximum atomic E-state index is 11.3. The van der Waals surface area contributed by atoms with Gasteiger partial charge in [0.1, 0.15) is 11.4 Å². The van der Waals surface area contributed by atoms with Crippen LogP contribution in [-0.2, 0) is 12.8 Å². The second-order valence-electron chi connectivity index (χ2n) is 5.69. The highest BCUT2D eigenvalue weighted by molar-refractivity contribution is 5.93. The molecule has 0 aromatic carbocycles. The van der Waals surface area contributed by atoms with Gasteiger partial charge in [-0.1, -0.05) is 0 Å². The van der Waals surface area contributed by atoms with Gasteiger partial charge in [-0.15, -0.1) is 0 Å². The van der Waals surface area contributed by atoms with Crippen LogP contribution in [0.5, 0.6) is 0 Å². The Kier molecular flexibility index (Phi) is 2.54. The average molecular weight is 246 g/mol. The van der Waals surface area contributed by atoms with Crippen molar-refractivity contribution in [2.45, 2.75) is 51.0 Å². The lowest BCUT2D eigenvalue weighted by atomic mass is 9.94.